The first-order chi connectivity index (χ1) is 8.97. The van der Waals surface area contributed by atoms with Crippen molar-refractivity contribution in [2.45, 2.75) is 6.92 Å². The van der Waals surface area contributed by atoms with Gasteiger partial charge in [0.2, 0.25) is 0 Å². The van der Waals surface area contributed by atoms with E-state index in [0.29, 0.717) is 11.3 Å². The maximum absolute atomic E-state index is 13.4. The molecule has 0 aromatic heterocycles. The van der Waals surface area contributed by atoms with Gasteiger partial charge in [0.25, 0.3) is 0 Å². The highest BCUT2D eigenvalue weighted by molar-refractivity contribution is 5.99. The van der Waals surface area contributed by atoms with Crippen LogP contribution in [0.15, 0.2) is 36.4 Å². The molecule has 2 aromatic rings. The van der Waals surface area contributed by atoms with Crippen molar-refractivity contribution in [3.8, 4) is 11.5 Å². The van der Waals surface area contributed by atoms with E-state index < -0.39 is 11.6 Å². The minimum Gasteiger partial charge on any atom is -0.454 e. The van der Waals surface area contributed by atoms with Crippen LogP contribution in [-0.4, -0.2) is 5.78 Å². The summed E-state index contributed by atoms with van der Waals surface area (Å²) in [5, 5.41) is 0. The lowest BCUT2D eigenvalue weighted by atomic mass is 10.1. The number of hydrogen-bond donors (Lipinski definition) is 1. The van der Waals surface area contributed by atoms with Crippen LogP contribution < -0.4 is 10.5 Å². The zero-order valence-corrected chi connectivity index (χ0v) is 10.1. The third-order valence-electron chi connectivity index (χ3n) is 2.53. The Balaban J connectivity index is 2.33. The Labute approximate surface area is 108 Å². The Morgan fingerprint density at radius 2 is 1.89 bits per heavy atom. The molecule has 0 fully saturated rings. The van der Waals surface area contributed by atoms with E-state index in [1.54, 1.807) is 0 Å². The molecular weight excluding hydrogens is 252 g/mol. The molecule has 98 valence electrons. The van der Waals surface area contributed by atoms with Gasteiger partial charge in [-0.05, 0) is 37.3 Å². The Hall–Kier alpha value is -2.43. The Morgan fingerprint density at radius 3 is 2.53 bits per heavy atom. The fraction of sp³-hybridized carbons (Fsp3) is 0.0714. The fourth-order valence-electron chi connectivity index (χ4n) is 1.59. The van der Waals surface area contributed by atoms with Crippen molar-refractivity contribution in [1.29, 1.82) is 0 Å². The number of ether oxygens (including phenoxy) is 1. The second-order valence-electron chi connectivity index (χ2n) is 3.98. The molecular formula is C14H11F2NO2. The standard InChI is InChI=1S/C14H11F2NO2/c1-8(18)11-7-10(3-4-13(11)17)19-14-5-2-9(15)6-12(14)16/h2-7H,17H2,1H3. The molecule has 0 amide bonds. The van der Waals surface area contributed by atoms with Gasteiger partial charge >= 0.3 is 0 Å². The topological polar surface area (TPSA) is 52.3 Å². The van der Waals surface area contributed by atoms with Crippen LogP contribution >= 0.6 is 0 Å². The summed E-state index contributed by atoms with van der Waals surface area (Å²) in [5.41, 5.74) is 6.24. The van der Waals surface area contributed by atoms with Gasteiger partial charge in [0.05, 0.1) is 0 Å². The molecule has 0 aliphatic carbocycles. The predicted octanol–water partition coefficient (Wildman–Crippen LogP) is 3.54. The summed E-state index contributed by atoms with van der Waals surface area (Å²) in [5.74, 6) is -1.60. The minimum absolute atomic E-state index is 0.124. The summed E-state index contributed by atoms with van der Waals surface area (Å²) in [7, 11) is 0. The maximum atomic E-state index is 13.4. The summed E-state index contributed by atoms with van der Waals surface area (Å²) in [6.07, 6.45) is 0. The van der Waals surface area contributed by atoms with Crippen molar-refractivity contribution in [2.24, 2.45) is 0 Å². The molecule has 2 rings (SSSR count). The summed E-state index contributed by atoms with van der Waals surface area (Å²) >= 11 is 0. The monoisotopic (exact) mass is 263 g/mol. The summed E-state index contributed by atoms with van der Waals surface area (Å²) < 4.78 is 31.4. The molecule has 0 aliphatic rings. The number of halogens is 2. The van der Waals surface area contributed by atoms with E-state index in [1.807, 2.05) is 0 Å². The number of carbonyl (C=O) groups is 1. The highest BCUT2D eigenvalue weighted by atomic mass is 19.1. The van der Waals surface area contributed by atoms with Gasteiger partial charge in [-0.25, -0.2) is 8.78 Å². The Kier molecular flexibility index (Phi) is 3.46. The molecule has 0 atom stereocenters. The molecule has 0 heterocycles. The third kappa shape index (κ3) is 2.88. The first-order valence-corrected chi connectivity index (χ1v) is 5.51. The van der Waals surface area contributed by atoms with Crippen LogP contribution in [0.25, 0.3) is 0 Å². The van der Waals surface area contributed by atoms with Gasteiger partial charge in [-0.2, -0.15) is 0 Å². The Bertz CT molecular complexity index is 641. The summed E-state index contributed by atoms with van der Waals surface area (Å²) in [6, 6.07) is 7.40. The number of nitrogen functional groups attached to an aromatic ring is 1. The van der Waals surface area contributed by atoms with Crippen molar-refractivity contribution >= 4 is 11.5 Å². The Morgan fingerprint density at radius 1 is 1.16 bits per heavy atom. The van der Waals surface area contributed by atoms with Gasteiger partial charge in [-0.15, -0.1) is 0 Å². The first-order valence-electron chi connectivity index (χ1n) is 5.51. The lowest BCUT2D eigenvalue weighted by molar-refractivity contribution is 0.101. The lowest BCUT2D eigenvalue weighted by Crippen LogP contribution is -2.00. The van der Waals surface area contributed by atoms with E-state index >= 15 is 0 Å². The molecule has 0 unspecified atom stereocenters. The summed E-state index contributed by atoms with van der Waals surface area (Å²) in [6.45, 7) is 1.37. The van der Waals surface area contributed by atoms with E-state index in [-0.39, 0.29) is 17.3 Å². The fourth-order valence-corrected chi connectivity index (χ4v) is 1.59. The van der Waals surface area contributed by atoms with Gasteiger partial charge in [-0.3, -0.25) is 4.79 Å². The molecule has 3 nitrogen and oxygen atoms in total. The zero-order chi connectivity index (χ0) is 14.0. The van der Waals surface area contributed by atoms with E-state index in [9.17, 15) is 13.6 Å². The number of anilines is 1. The average Bonchev–Trinajstić information content (AvgIpc) is 2.34. The molecule has 0 aliphatic heterocycles. The molecule has 5 heteroatoms. The zero-order valence-electron chi connectivity index (χ0n) is 10.1. The molecule has 19 heavy (non-hydrogen) atoms. The van der Waals surface area contributed by atoms with Gasteiger partial charge in [-0.1, -0.05) is 0 Å². The van der Waals surface area contributed by atoms with Crippen molar-refractivity contribution in [2.75, 3.05) is 5.73 Å². The molecule has 0 radical (unpaired) electrons. The van der Waals surface area contributed by atoms with Crippen LogP contribution in [0.5, 0.6) is 11.5 Å². The lowest BCUT2D eigenvalue weighted by Gasteiger charge is -2.09. The number of nitrogens with two attached hydrogens (primary N) is 1. The van der Waals surface area contributed by atoms with Crippen LogP contribution in [0.2, 0.25) is 0 Å². The highest BCUT2D eigenvalue weighted by Crippen LogP contribution is 2.27. The van der Waals surface area contributed by atoms with Gasteiger partial charge in [0.1, 0.15) is 11.6 Å². The highest BCUT2D eigenvalue weighted by Gasteiger charge is 2.10. The van der Waals surface area contributed by atoms with Gasteiger partial charge in [0, 0.05) is 17.3 Å². The van der Waals surface area contributed by atoms with Gasteiger partial charge in [0.15, 0.2) is 17.3 Å². The second-order valence-corrected chi connectivity index (χ2v) is 3.98. The van der Waals surface area contributed by atoms with Crippen LogP contribution in [0, 0.1) is 11.6 Å². The number of Topliss-reactive ketones (excluding diaryl/α,β-unsaturated/α-hetero) is 1. The van der Waals surface area contributed by atoms with E-state index in [4.69, 9.17) is 10.5 Å². The molecule has 0 saturated heterocycles. The van der Waals surface area contributed by atoms with Crippen LogP contribution in [-0.2, 0) is 0 Å². The van der Waals surface area contributed by atoms with Crippen LogP contribution in [0.3, 0.4) is 0 Å². The SMILES string of the molecule is CC(=O)c1cc(Oc2ccc(F)cc2F)ccc1N. The van der Waals surface area contributed by atoms with Crippen molar-refractivity contribution in [1.82, 2.24) is 0 Å². The quantitative estimate of drug-likeness (QED) is 0.680. The van der Waals surface area contributed by atoms with Crippen molar-refractivity contribution < 1.29 is 18.3 Å². The average molecular weight is 263 g/mol. The van der Waals surface area contributed by atoms with E-state index in [1.165, 1.54) is 31.2 Å². The van der Waals surface area contributed by atoms with Crippen LogP contribution in [0.4, 0.5) is 14.5 Å². The minimum atomic E-state index is -0.818. The number of rotatable bonds is 3. The molecule has 0 spiro atoms. The van der Waals surface area contributed by atoms with Crippen molar-refractivity contribution in [3.05, 3.63) is 53.6 Å². The summed E-state index contributed by atoms with van der Waals surface area (Å²) in [4.78, 5) is 11.3. The van der Waals surface area contributed by atoms with Gasteiger partial charge < -0.3 is 10.5 Å². The van der Waals surface area contributed by atoms with Crippen molar-refractivity contribution in [3.63, 3.8) is 0 Å². The van der Waals surface area contributed by atoms with E-state index in [2.05, 4.69) is 0 Å². The smallest absolute Gasteiger partial charge is 0.168 e. The number of ketones is 1. The first kappa shape index (κ1) is 13.0. The maximum Gasteiger partial charge on any atom is 0.168 e. The normalized spacial score (nSPS) is 10.3. The largest absolute Gasteiger partial charge is 0.454 e. The molecule has 0 saturated carbocycles. The molecule has 0 bridgehead atoms. The number of hydrogen-bond acceptors (Lipinski definition) is 3. The van der Waals surface area contributed by atoms with E-state index in [0.717, 1.165) is 12.1 Å². The second kappa shape index (κ2) is 5.06. The molecule has 2 aromatic carbocycles. The number of carbonyl (C=O) groups excluding carboxylic acids is 1. The number of benzene rings is 2. The third-order valence-corrected chi connectivity index (χ3v) is 2.53. The molecule has 2 N–H and O–H groups in total. The van der Waals surface area contributed by atoms with Crippen LogP contribution in [0.1, 0.15) is 17.3 Å². The predicted molar refractivity (Wildman–Crippen MR) is 67.3 cm³/mol.